The van der Waals surface area contributed by atoms with E-state index in [1.165, 1.54) is 11.8 Å². The van der Waals surface area contributed by atoms with E-state index >= 15 is 0 Å². The van der Waals surface area contributed by atoms with Gasteiger partial charge in [-0.1, -0.05) is 11.8 Å². The molecular formula is C24H27N5O3S. The van der Waals surface area contributed by atoms with Crippen molar-refractivity contribution < 1.29 is 14.3 Å². The third-order valence-electron chi connectivity index (χ3n) is 5.72. The number of benzene rings is 2. The molecular weight excluding hydrogens is 438 g/mol. The number of hydrogen-bond acceptors (Lipinski definition) is 7. The number of thioether (sulfide) groups is 1. The SMILES string of the molecule is COc1ccc(-n2c(C)nnc2SCC(=O)N2CCN(c3ccc(C(C)=O)cc3)CC2)cc1. The number of aromatic nitrogens is 3. The maximum atomic E-state index is 12.8. The van der Waals surface area contributed by atoms with Crippen LogP contribution in [0.2, 0.25) is 0 Å². The number of methoxy groups -OCH3 is 1. The molecule has 1 amide bonds. The number of Topliss-reactive ketones (excluding diaryl/α,β-unsaturated/α-hetero) is 1. The smallest absolute Gasteiger partial charge is 0.233 e. The average molecular weight is 466 g/mol. The molecule has 1 aliphatic rings. The monoisotopic (exact) mass is 465 g/mol. The second-order valence-corrected chi connectivity index (χ2v) is 8.77. The molecule has 8 nitrogen and oxygen atoms in total. The van der Waals surface area contributed by atoms with Gasteiger partial charge in [-0.2, -0.15) is 0 Å². The zero-order valence-corrected chi connectivity index (χ0v) is 19.8. The summed E-state index contributed by atoms with van der Waals surface area (Å²) in [6.07, 6.45) is 0. The molecule has 0 bridgehead atoms. The van der Waals surface area contributed by atoms with Crippen LogP contribution in [0, 0.1) is 6.92 Å². The normalized spacial score (nSPS) is 13.8. The van der Waals surface area contributed by atoms with Crippen molar-refractivity contribution in [2.24, 2.45) is 0 Å². The van der Waals surface area contributed by atoms with Crippen LogP contribution in [0.25, 0.3) is 5.69 Å². The van der Waals surface area contributed by atoms with Gasteiger partial charge in [-0.05, 0) is 62.4 Å². The maximum Gasteiger partial charge on any atom is 0.233 e. The summed E-state index contributed by atoms with van der Waals surface area (Å²) in [6.45, 7) is 6.31. The highest BCUT2D eigenvalue weighted by atomic mass is 32.2. The number of rotatable bonds is 7. The molecule has 0 saturated carbocycles. The van der Waals surface area contributed by atoms with Gasteiger partial charge < -0.3 is 14.5 Å². The standard InChI is InChI=1S/C24H27N5O3S/c1-17(30)19-4-6-20(7-5-19)27-12-14-28(15-13-27)23(31)16-33-24-26-25-18(2)29(24)21-8-10-22(32-3)11-9-21/h4-11H,12-16H2,1-3H3. The van der Waals surface area contributed by atoms with E-state index in [0.717, 1.165) is 36.0 Å². The molecule has 2 heterocycles. The Labute approximate surface area is 197 Å². The summed E-state index contributed by atoms with van der Waals surface area (Å²) in [4.78, 5) is 28.5. The lowest BCUT2D eigenvalue weighted by atomic mass is 10.1. The Kier molecular flexibility index (Phi) is 6.98. The van der Waals surface area contributed by atoms with Gasteiger partial charge in [-0.3, -0.25) is 14.2 Å². The summed E-state index contributed by atoms with van der Waals surface area (Å²) in [5.41, 5.74) is 2.71. The van der Waals surface area contributed by atoms with Gasteiger partial charge in [0.2, 0.25) is 5.91 Å². The van der Waals surface area contributed by atoms with E-state index in [4.69, 9.17) is 4.74 Å². The fourth-order valence-electron chi connectivity index (χ4n) is 3.80. The number of ketones is 1. The van der Waals surface area contributed by atoms with Crippen molar-refractivity contribution in [1.82, 2.24) is 19.7 Å². The highest BCUT2D eigenvalue weighted by Gasteiger charge is 2.22. The summed E-state index contributed by atoms with van der Waals surface area (Å²) in [6, 6.07) is 15.3. The number of aryl methyl sites for hydroxylation is 1. The summed E-state index contributed by atoms with van der Waals surface area (Å²) >= 11 is 1.40. The van der Waals surface area contributed by atoms with Crippen molar-refractivity contribution in [2.45, 2.75) is 19.0 Å². The summed E-state index contributed by atoms with van der Waals surface area (Å²) in [5, 5.41) is 9.15. The van der Waals surface area contributed by atoms with Crippen LogP contribution in [0.3, 0.4) is 0 Å². The summed E-state index contributed by atoms with van der Waals surface area (Å²) in [7, 11) is 1.63. The van der Waals surface area contributed by atoms with Gasteiger partial charge in [-0.15, -0.1) is 10.2 Å². The van der Waals surface area contributed by atoms with Gasteiger partial charge in [-0.25, -0.2) is 0 Å². The van der Waals surface area contributed by atoms with Crippen molar-refractivity contribution in [3.63, 3.8) is 0 Å². The van der Waals surface area contributed by atoms with Gasteiger partial charge in [0.25, 0.3) is 0 Å². The predicted molar refractivity (Wildman–Crippen MR) is 129 cm³/mol. The zero-order chi connectivity index (χ0) is 23.4. The van der Waals surface area contributed by atoms with Gasteiger partial charge in [0.05, 0.1) is 12.9 Å². The third-order valence-corrected chi connectivity index (χ3v) is 6.64. The van der Waals surface area contributed by atoms with Gasteiger partial charge in [0, 0.05) is 43.1 Å². The van der Waals surface area contributed by atoms with Crippen LogP contribution in [0.4, 0.5) is 5.69 Å². The van der Waals surface area contributed by atoms with Gasteiger partial charge >= 0.3 is 0 Å². The van der Waals surface area contributed by atoms with E-state index in [0.29, 0.717) is 29.6 Å². The number of carbonyl (C=O) groups excluding carboxylic acids is 2. The first-order valence-corrected chi connectivity index (χ1v) is 11.8. The second-order valence-electron chi connectivity index (χ2n) is 7.82. The topological polar surface area (TPSA) is 80.6 Å². The molecule has 1 aromatic heterocycles. The molecule has 9 heteroatoms. The van der Waals surface area contributed by atoms with Crippen molar-refractivity contribution in [3.05, 3.63) is 59.9 Å². The minimum Gasteiger partial charge on any atom is -0.497 e. The van der Waals surface area contributed by atoms with Crippen LogP contribution < -0.4 is 9.64 Å². The molecule has 3 aromatic rings. The first kappa shape index (κ1) is 22.8. The Bertz CT molecular complexity index is 1120. The molecule has 4 rings (SSSR count). The van der Waals surface area contributed by atoms with Crippen LogP contribution in [0.1, 0.15) is 23.1 Å². The highest BCUT2D eigenvalue weighted by Crippen LogP contribution is 2.24. The van der Waals surface area contributed by atoms with E-state index < -0.39 is 0 Å². The quantitative estimate of drug-likeness (QED) is 0.391. The number of piperazine rings is 1. The van der Waals surface area contributed by atoms with E-state index in [2.05, 4.69) is 15.1 Å². The molecule has 0 spiro atoms. The van der Waals surface area contributed by atoms with Crippen molar-refractivity contribution >= 4 is 29.1 Å². The summed E-state index contributed by atoms with van der Waals surface area (Å²) in [5.74, 6) is 2.00. The molecule has 1 saturated heterocycles. The van der Waals surface area contributed by atoms with Crippen LogP contribution in [-0.2, 0) is 4.79 Å². The Morgan fingerprint density at radius 1 is 0.939 bits per heavy atom. The fourth-order valence-corrected chi connectivity index (χ4v) is 4.70. The Morgan fingerprint density at radius 3 is 2.18 bits per heavy atom. The molecule has 0 aliphatic carbocycles. The van der Waals surface area contributed by atoms with E-state index in [1.807, 2.05) is 64.9 Å². The summed E-state index contributed by atoms with van der Waals surface area (Å²) < 4.78 is 7.18. The molecule has 0 radical (unpaired) electrons. The first-order chi connectivity index (χ1) is 16.0. The van der Waals surface area contributed by atoms with Gasteiger partial charge in [0.15, 0.2) is 10.9 Å². The number of amides is 1. The molecule has 1 fully saturated rings. The second kappa shape index (κ2) is 10.1. The first-order valence-electron chi connectivity index (χ1n) is 10.8. The maximum absolute atomic E-state index is 12.8. The van der Waals surface area contributed by atoms with Crippen molar-refractivity contribution in [2.75, 3.05) is 43.9 Å². The molecule has 172 valence electrons. The molecule has 0 unspecified atom stereocenters. The molecule has 33 heavy (non-hydrogen) atoms. The van der Waals surface area contributed by atoms with Crippen LogP contribution in [-0.4, -0.2) is 70.4 Å². The van der Waals surface area contributed by atoms with E-state index in [-0.39, 0.29) is 11.7 Å². The van der Waals surface area contributed by atoms with Crippen LogP contribution in [0.5, 0.6) is 5.75 Å². The molecule has 0 N–H and O–H groups in total. The number of nitrogens with zero attached hydrogens (tertiary/aromatic N) is 5. The average Bonchev–Trinajstić information content (AvgIpc) is 3.22. The largest absolute Gasteiger partial charge is 0.497 e. The lowest BCUT2D eigenvalue weighted by molar-refractivity contribution is -0.128. The number of ether oxygens (including phenoxy) is 1. The number of hydrogen-bond donors (Lipinski definition) is 0. The molecule has 1 aliphatic heterocycles. The van der Waals surface area contributed by atoms with Crippen LogP contribution >= 0.6 is 11.8 Å². The number of anilines is 1. The Morgan fingerprint density at radius 2 is 1.58 bits per heavy atom. The minimum absolute atomic E-state index is 0.0625. The lowest BCUT2D eigenvalue weighted by Gasteiger charge is -2.36. The predicted octanol–water partition coefficient (Wildman–Crippen LogP) is 3.23. The lowest BCUT2D eigenvalue weighted by Crippen LogP contribution is -2.49. The number of carbonyl (C=O) groups is 2. The molecule has 2 aromatic carbocycles. The Balaban J connectivity index is 1.33. The van der Waals surface area contributed by atoms with E-state index in [9.17, 15) is 9.59 Å². The van der Waals surface area contributed by atoms with E-state index in [1.54, 1.807) is 14.0 Å². The fraction of sp³-hybridized carbons (Fsp3) is 0.333. The van der Waals surface area contributed by atoms with Gasteiger partial charge in [0.1, 0.15) is 11.6 Å². The van der Waals surface area contributed by atoms with Crippen LogP contribution in [0.15, 0.2) is 53.7 Å². The van der Waals surface area contributed by atoms with Crippen molar-refractivity contribution in [1.29, 1.82) is 0 Å². The highest BCUT2D eigenvalue weighted by molar-refractivity contribution is 7.99. The van der Waals surface area contributed by atoms with Crippen molar-refractivity contribution in [3.8, 4) is 11.4 Å². The third kappa shape index (κ3) is 5.19. The zero-order valence-electron chi connectivity index (χ0n) is 19.0. The molecule has 0 atom stereocenters. The minimum atomic E-state index is 0.0625. The Hall–Kier alpha value is -3.33.